The minimum Gasteiger partial charge on any atom is -0.398 e. The summed E-state index contributed by atoms with van der Waals surface area (Å²) < 4.78 is 22.7. The van der Waals surface area contributed by atoms with Gasteiger partial charge in [0.25, 0.3) is 0 Å². The van der Waals surface area contributed by atoms with Gasteiger partial charge in [-0.05, 0) is 36.5 Å². The Labute approximate surface area is 120 Å². The fourth-order valence-corrected chi connectivity index (χ4v) is 3.54. The summed E-state index contributed by atoms with van der Waals surface area (Å²) in [5, 5.41) is 8.57. The number of benzene rings is 1. The van der Waals surface area contributed by atoms with Gasteiger partial charge in [-0.1, -0.05) is 26.7 Å². The summed E-state index contributed by atoms with van der Waals surface area (Å²) in [6.45, 7) is 4.53. The van der Waals surface area contributed by atoms with Crippen LogP contribution in [0.3, 0.4) is 0 Å². The van der Waals surface area contributed by atoms with Crippen molar-refractivity contribution in [2.45, 2.75) is 44.0 Å². The molecule has 1 aliphatic rings. The predicted molar refractivity (Wildman–Crippen MR) is 81.8 cm³/mol. The summed E-state index contributed by atoms with van der Waals surface area (Å²) in [7, 11) is -3.76. The average molecular weight is 297 g/mol. The van der Waals surface area contributed by atoms with Crippen molar-refractivity contribution in [3.63, 3.8) is 0 Å². The first kappa shape index (κ1) is 15.1. The molecule has 5 nitrogen and oxygen atoms in total. The highest BCUT2D eigenvalue weighted by molar-refractivity contribution is 7.89. The molecule has 2 rings (SSSR count). The fraction of sp³-hybridized carbons (Fsp3) is 0.571. The third-order valence-corrected chi connectivity index (χ3v) is 5.36. The number of hydrogen-bond donors (Lipinski definition) is 3. The van der Waals surface area contributed by atoms with Gasteiger partial charge in [0.05, 0.1) is 5.69 Å². The molecular formula is C14H23N3O2S. The molecule has 20 heavy (non-hydrogen) atoms. The van der Waals surface area contributed by atoms with E-state index in [9.17, 15) is 8.42 Å². The zero-order valence-electron chi connectivity index (χ0n) is 12.0. The van der Waals surface area contributed by atoms with Crippen LogP contribution in [0, 0.1) is 11.8 Å². The van der Waals surface area contributed by atoms with Crippen LogP contribution < -0.4 is 16.2 Å². The standard InChI is InChI=1S/C14H23N3O2S/c1-9-4-3-5-13(10(9)2)17-11-6-7-14(12(15)8-11)20(16,18)19/h6-10,13,17H,3-5,15H2,1-2H3,(H2,16,18,19). The second-order valence-corrected chi connectivity index (χ2v) is 7.35. The van der Waals surface area contributed by atoms with Crippen molar-refractivity contribution in [3.05, 3.63) is 18.2 Å². The molecule has 112 valence electrons. The quantitative estimate of drug-likeness (QED) is 0.744. The van der Waals surface area contributed by atoms with Gasteiger partial charge in [0.1, 0.15) is 4.90 Å². The third-order valence-electron chi connectivity index (χ3n) is 4.38. The molecule has 1 aliphatic carbocycles. The van der Waals surface area contributed by atoms with Gasteiger partial charge in [0, 0.05) is 11.7 Å². The highest BCUT2D eigenvalue weighted by Gasteiger charge is 2.27. The van der Waals surface area contributed by atoms with Crippen molar-refractivity contribution in [2.75, 3.05) is 11.1 Å². The van der Waals surface area contributed by atoms with Crippen LogP contribution in [-0.2, 0) is 10.0 Å². The van der Waals surface area contributed by atoms with Crippen molar-refractivity contribution < 1.29 is 8.42 Å². The number of rotatable bonds is 3. The van der Waals surface area contributed by atoms with Crippen LogP contribution in [0.4, 0.5) is 11.4 Å². The number of hydrogen-bond acceptors (Lipinski definition) is 4. The zero-order chi connectivity index (χ0) is 14.9. The molecular weight excluding hydrogens is 274 g/mol. The largest absolute Gasteiger partial charge is 0.398 e. The molecule has 0 aliphatic heterocycles. The molecule has 3 unspecified atom stereocenters. The number of sulfonamides is 1. The molecule has 3 atom stereocenters. The molecule has 1 fully saturated rings. The van der Waals surface area contributed by atoms with Gasteiger partial charge in [-0.3, -0.25) is 0 Å². The molecule has 0 amide bonds. The molecule has 1 aromatic rings. The van der Waals surface area contributed by atoms with E-state index in [-0.39, 0.29) is 10.6 Å². The topological polar surface area (TPSA) is 98.2 Å². The fourth-order valence-electron chi connectivity index (χ4n) is 2.90. The average Bonchev–Trinajstić information content (AvgIpc) is 2.33. The van der Waals surface area contributed by atoms with Gasteiger partial charge in [-0.15, -0.1) is 0 Å². The van der Waals surface area contributed by atoms with Crippen LogP contribution in [0.1, 0.15) is 33.1 Å². The van der Waals surface area contributed by atoms with E-state index in [1.54, 1.807) is 12.1 Å². The molecule has 6 heteroatoms. The smallest absolute Gasteiger partial charge is 0.240 e. The van der Waals surface area contributed by atoms with Gasteiger partial charge in [0.2, 0.25) is 10.0 Å². The molecule has 5 N–H and O–H groups in total. The Bertz CT molecular complexity index is 586. The molecule has 0 heterocycles. The van der Waals surface area contributed by atoms with Crippen LogP contribution in [0.15, 0.2) is 23.1 Å². The number of nitrogens with two attached hydrogens (primary N) is 2. The SMILES string of the molecule is CC1CCCC(Nc2ccc(S(N)(=O)=O)c(N)c2)C1C. The molecule has 1 saturated carbocycles. The van der Waals surface area contributed by atoms with E-state index in [2.05, 4.69) is 19.2 Å². The summed E-state index contributed by atoms with van der Waals surface area (Å²) in [5.41, 5.74) is 6.81. The van der Waals surface area contributed by atoms with Gasteiger partial charge in [-0.2, -0.15) is 0 Å². The summed E-state index contributed by atoms with van der Waals surface area (Å²) in [4.78, 5) is -0.0203. The van der Waals surface area contributed by atoms with E-state index in [1.165, 1.54) is 18.9 Å². The number of nitrogen functional groups attached to an aromatic ring is 1. The molecule has 0 radical (unpaired) electrons. The van der Waals surface area contributed by atoms with E-state index >= 15 is 0 Å². The van der Waals surface area contributed by atoms with Crippen LogP contribution >= 0.6 is 0 Å². The summed E-state index contributed by atoms with van der Waals surface area (Å²) in [5.74, 6) is 1.28. The normalized spacial score (nSPS) is 27.2. The molecule has 1 aromatic carbocycles. The summed E-state index contributed by atoms with van der Waals surface area (Å²) in [6.07, 6.45) is 3.61. The first-order valence-electron chi connectivity index (χ1n) is 6.98. The first-order valence-corrected chi connectivity index (χ1v) is 8.52. The van der Waals surface area contributed by atoms with E-state index < -0.39 is 10.0 Å². The second-order valence-electron chi connectivity index (χ2n) is 5.82. The molecule has 0 aromatic heterocycles. The molecule has 0 bridgehead atoms. The van der Waals surface area contributed by atoms with Crippen molar-refractivity contribution in [1.29, 1.82) is 0 Å². The van der Waals surface area contributed by atoms with Crippen molar-refractivity contribution in [3.8, 4) is 0 Å². The number of primary sulfonamides is 1. The Hall–Kier alpha value is -1.27. The maximum Gasteiger partial charge on any atom is 0.240 e. The Morgan fingerprint density at radius 2 is 1.95 bits per heavy atom. The minimum atomic E-state index is -3.76. The highest BCUT2D eigenvalue weighted by Crippen LogP contribution is 2.32. The van der Waals surface area contributed by atoms with Gasteiger partial charge in [0.15, 0.2) is 0 Å². The van der Waals surface area contributed by atoms with E-state index in [0.717, 1.165) is 12.1 Å². The van der Waals surface area contributed by atoms with Crippen LogP contribution in [0.2, 0.25) is 0 Å². The Morgan fingerprint density at radius 1 is 1.25 bits per heavy atom. The lowest BCUT2D eigenvalue weighted by atomic mass is 9.78. The van der Waals surface area contributed by atoms with Gasteiger partial charge in [-0.25, -0.2) is 13.6 Å². The summed E-state index contributed by atoms with van der Waals surface area (Å²) in [6, 6.07) is 5.23. The Balaban J connectivity index is 2.17. The van der Waals surface area contributed by atoms with E-state index in [4.69, 9.17) is 10.9 Å². The lowest BCUT2D eigenvalue weighted by molar-refractivity contribution is 0.253. The Morgan fingerprint density at radius 3 is 2.55 bits per heavy atom. The lowest BCUT2D eigenvalue weighted by Crippen LogP contribution is -2.35. The predicted octanol–water partition coefficient (Wildman–Crippen LogP) is 2.15. The molecule has 0 saturated heterocycles. The Kier molecular flexibility index (Phi) is 4.25. The summed E-state index contributed by atoms with van der Waals surface area (Å²) >= 11 is 0. The van der Waals surface area contributed by atoms with Crippen LogP contribution in [0.25, 0.3) is 0 Å². The number of anilines is 2. The van der Waals surface area contributed by atoms with E-state index in [0.29, 0.717) is 17.9 Å². The lowest BCUT2D eigenvalue weighted by Gasteiger charge is -2.35. The van der Waals surface area contributed by atoms with Crippen molar-refractivity contribution in [1.82, 2.24) is 0 Å². The molecule has 0 spiro atoms. The van der Waals surface area contributed by atoms with Crippen molar-refractivity contribution in [2.24, 2.45) is 17.0 Å². The second kappa shape index (κ2) is 5.61. The monoisotopic (exact) mass is 297 g/mol. The van der Waals surface area contributed by atoms with Crippen LogP contribution in [-0.4, -0.2) is 14.5 Å². The highest BCUT2D eigenvalue weighted by atomic mass is 32.2. The van der Waals surface area contributed by atoms with Gasteiger partial charge >= 0.3 is 0 Å². The van der Waals surface area contributed by atoms with Crippen molar-refractivity contribution >= 4 is 21.4 Å². The minimum absolute atomic E-state index is 0.0203. The third kappa shape index (κ3) is 3.24. The van der Waals surface area contributed by atoms with E-state index in [1.807, 2.05) is 0 Å². The maximum absolute atomic E-state index is 11.3. The first-order chi connectivity index (χ1) is 9.29. The number of nitrogens with one attached hydrogen (secondary N) is 1. The zero-order valence-corrected chi connectivity index (χ0v) is 12.8. The van der Waals surface area contributed by atoms with Gasteiger partial charge < -0.3 is 11.1 Å². The maximum atomic E-state index is 11.3. The van der Waals surface area contributed by atoms with Crippen LogP contribution in [0.5, 0.6) is 0 Å².